The number of allylic oxidation sites excluding steroid dienone is 5. The maximum atomic E-state index is 12.4. The Kier molecular flexibility index (Phi) is 6.65. The second kappa shape index (κ2) is 8.85. The fraction of sp³-hybridized carbons (Fsp3) is 0.348. The average Bonchev–Trinajstić information content (AvgIpc) is 2.96. The molecule has 0 spiro atoms. The van der Waals surface area contributed by atoms with E-state index in [-0.39, 0.29) is 15.6 Å². The summed E-state index contributed by atoms with van der Waals surface area (Å²) in [5, 5.41) is 0.151. The molecule has 0 aliphatic carbocycles. The van der Waals surface area contributed by atoms with Gasteiger partial charge in [0.05, 0.1) is 4.90 Å². The highest BCUT2D eigenvalue weighted by atomic mass is 32.2. The molecule has 1 saturated heterocycles. The van der Waals surface area contributed by atoms with Crippen molar-refractivity contribution in [2.75, 3.05) is 25.5 Å². The zero-order chi connectivity index (χ0) is 24.7. The van der Waals surface area contributed by atoms with E-state index in [2.05, 4.69) is 4.90 Å². The summed E-state index contributed by atoms with van der Waals surface area (Å²) in [6.45, 7) is 6.72. The third-order valence-electron chi connectivity index (χ3n) is 5.88. The molecule has 0 saturated carbocycles. The van der Waals surface area contributed by atoms with Crippen LogP contribution in [0.25, 0.3) is 0 Å². The van der Waals surface area contributed by atoms with Gasteiger partial charge in [-0.3, -0.25) is 23.9 Å². The molecule has 0 bridgehead atoms. The SMILES string of the molecule is CCCN1/C(=C/C=C/C=C2C(=O)N(C)C(=S)N(C)C2=O)C(C)(C)c2cc(S(=O)(=O)O)ccc21. The van der Waals surface area contributed by atoms with Crippen LogP contribution in [0, 0.1) is 0 Å². The van der Waals surface area contributed by atoms with Crippen LogP contribution in [0.2, 0.25) is 0 Å². The van der Waals surface area contributed by atoms with E-state index in [1.54, 1.807) is 18.2 Å². The lowest BCUT2D eigenvalue weighted by Crippen LogP contribution is -2.52. The minimum absolute atomic E-state index is 0.0143. The molecule has 1 aromatic rings. The van der Waals surface area contributed by atoms with Gasteiger partial charge in [0.15, 0.2) is 5.11 Å². The second-order valence-corrected chi connectivity index (χ2v) is 10.2. The second-order valence-electron chi connectivity index (χ2n) is 8.46. The third kappa shape index (κ3) is 4.38. The zero-order valence-corrected chi connectivity index (χ0v) is 20.8. The van der Waals surface area contributed by atoms with Gasteiger partial charge in [-0.05, 0) is 54.6 Å². The molecule has 0 unspecified atom stereocenters. The number of carbonyl (C=O) groups excluding carboxylic acids is 2. The van der Waals surface area contributed by atoms with Gasteiger partial charge < -0.3 is 4.90 Å². The molecule has 2 aliphatic heterocycles. The smallest absolute Gasteiger partial charge is 0.294 e. The van der Waals surface area contributed by atoms with Crippen LogP contribution in [0.1, 0.15) is 32.8 Å². The van der Waals surface area contributed by atoms with Crippen molar-refractivity contribution in [1.29, 1.82) is 0 Å². The van der Waals surface area contributed by atoms with Crippen LogP contribution < -0.4 is 4.90 Å². The number of likely N-dealkylation sites (N-methyl/N-ethyl adjacent to an activating group) is 2. The first-order chi connectivity index (χ1) is 15.3. The van der Waals surface area contributed by atoms with Gasteiger partial charge in [0.1, 0.15) is 5.57 Å². The van der Waals surface area contributed by atoms with Gasteiger partial charge in [-0.25, -0.2) is 0 Å². The molecule has 8 nitrogen and oxygen atoms in total. The lowest BCUT2D eigenvalue weighted by atomic mass is 9.83. The highest BCUT2D eigenvalue weighted by molar-refractivity contribution is 7.85. The summed E-state index contributed by atoms with van der Waals surface area (Å²) in [5.74, 6) is -0.918. The van der Waals surface area contributed by atoms with Crippen molar-refractivity contribution in [2.24, 2.45) is 0 Å². The summed E-state index contributed by atoms with van der Waals surface area (Å²) in [6.07, 6.45) is 7.58. The quantitative estimate of drug-likeness (QED) is 0.294. The Labute approximate surface area is 199 Å². The first-order valence-corrected chi connectivity index (χ1v) is 12.3. The minimum Gasteiger partial charge on any atom is -0.344 e. The number of thiocarbonyl (C=S) groups is 1. The molecule has 2 heterocycles. The molecule has 1 aromatic carbocycles. The van der Waals surface area contributed by atoms with Gasteiger partial charge in [0.2, 0.25) is 0 Å². The standard InChI is InChI=1S/C23H27N3O5S2/c1-6-13-26-18-12-11-15(33(29,30)31)14-17(18)23(2,3)19(26)10-8-7-9-16-20(27)24(4)22(32)25(5)21(16)28/h7-12,14H,6,13H2,1-5H3,(H,29,30,31)/b8-7+,19-10+. The predicted molar refractivity (Wildman–Crippen MR) is 130 cm³/mol. The first-order valence-electron chi connectivity index (χ1n) is 10.4. The van der Waals surface area contributed by atoms with E-state index in [0.29, 0.717) is 6.54 Å². The number of anilines is 1. The van der Waals surface area contributed by atoms with Crippen molar-refractivity contribution in [2.45, 2.75) is 37.5 Å². The van der Waals surface area contributed by atoms with Crippen LogP contribution in [0.3, 0.4) is 0 Å². The number of hydrogen-bond donors (Lipinski definition) is 1. The molecule has 176 valence electrons. The number of amides is 2. The normalized spacial score (nSPS) is 19.8. The van der Waals surface area contributed by atoms with Crippen LogP contribution in [-0.4, -0.2) is 60.3 Å². The number of rotatable bonds is 5. The Morgan fingerprint density at radius 2 is 1.64 bits per heavy atom. The number of hydrogen-bond acceptors (Lipinski definition) is 6. The fourth-order valence-corrected chi connectivity index (χ4v) is 4.74. The molecule has 2 aliphatic rings. The average molecular weight is 490 g/mol. The highest BCUT2D eigenvalue weighted by Crippen LogP contribution is 2.48. The van der Waals surface area contributed by atoms with Crippen LogP contribution in [0.15, 0.2) is 58.7 Å². The summed E-state index contributed by atoms with van der Waals surface area (Å²) < 4.78 is 32.8. The maximum Gasteiger partial charge on any atom is 0.294 e. The molecular weight excluding hydrogens is 462 g/mol. The molecule has 1 N–H and O–H groups in total. The summed E-state index contributed by atoms with van der Waals surface area (Å²) in [7, 11) is -1.27. The number of carbonyl (C=O) groups is 2. The number of nitrogens with zero attached hydrogens (tertiary/aromatic N) is 3. The van der Waals surface area contributed by atoms with Gasteiger partial charge in [0.25, 0.3) is 21.9 Å². The van der Waals surface area contributed by atoms with E-state index in [9.17, 15) is 22.6 Å². The number of fused-ring (bicyclic) bond motifs is 1. The van der Waals surface area contributed by atoms with E-state index >= 15 is 0 Å². The first kappa shape index (κ1) is 24.8. The van der Waals surface area contributed by atoms with Crippen molar-refractivity contribution in [3.8, 4) is 0 Å². The lowest BCUT2D eigenvalue weighted by molar-refractivity contribution is -0.132. The van der Waals surface area contributed by atoms with Crippen molar-refractivity contribution in [1.82, 2.24) is 9.80 Å². The monoisotopic (exact) mass is 489 g/mol. The Balaban J connectivity index is 1.99. The molecule has 0 radical (unpaired) electrons. The largest absolute Gasteiger partial charge is 0.344 e. The van der Waals surface area contributed by atoms with E-state index in [1.165, 1.54) is 42.1 Å². The van der Waals surface area contributed by atoms with Crippen LogP contribution in [0.4, 0.5) is 5.69 Å². The Morgan fingerprint density at radius 3 is 2.18 bits per heavy atom. The summed E-state index contributed by atoms with van der Waals surface area (Å²) in [4.78, 5) is 29.3. The van der Waals surface area contributed by atoms with Gasteiger partial charge in [-0.15, -0.1) is 0 Å². The Bertz CT molecular complexity index is 1200. The maximum absolute atomic E-state index is 12.4. The summed E-state index contributed by atoms with van der Waals surface area (Å²) in [5.41, 5.74) is 2.07. The minimum atomic E-state index is -4.32. The van der Waals surface area contributed by atoms with Crippen LogP contribution in [0.5, 0.6) is 0 Å². The van der Waals surface area contributed by atoms with Crippen LogP contribution >= 0.6 is 12.2 Å². The van der Waals surface area contributed by atoms with Crippen molar-refractivity contribution in [3.63, 3.8) is 0 Å². The fourth-order valence-electron chi connectivity index (χ4n) is 4.07. The third-order valence-corrected chi connectivity index (χ3v) is 7.28. The summed E-state index contributed by atoms with van der Waals surface area (Å²) in [6, 6.07) is 4.61. The van der Waals surface area contributed by atoms with Gasteiger partial charge in [-0.1, -0.05) is 32.9 Å². The molecule has 10 heteroatoms. The number of benzene rings is 1. The van der Waals surface area contributed by atoms with Gasteiger partial charge in [0, 0.05) is 37.4 Å². The molecule has 0 aromatic heterocycles. The van der Waals surface area contributed by atoms with Crippen molar-refractivity contribution >= 4 is 45.0 Å². The van der Waals surface area contributed by atoms with E-state index in [1.807, 2.05) is 26.8 Å². The Morgan fingerprint density at radius 1 is 1.06 bits per heavy atom. The summed E-state index contributed by atoms with van der Waals surface area (Å²) >= 11 is 5.09. The predicted octanol–water partition coefficient (Wildman–Crippen LogP) is 3.02. The molecule has 2 amide bonds. The topological polar surface area (TPSA) is 98.2 Å². The van der Waals surface area contributed by atoms with Crippen molar-refractivity contribution < 1.29 is 22.6 Å². The highest BCUT2D eigenvalue weighted by Gasteiger charge is 2.40. The lowest BCUT2D eigenvalue weighted by Gasteiger charge is -2.31. The zero-order valence-electron chi connectivity index (χ0n) is 19.2. The van der Waals surface area contributed by atoms with Crippen molar-refractivity contribution in [3.05, 3.63) is 59.3 Å². The molecule has 0 atom stereocenters. The van der Waals surface area contributed by atoms with Gasteiger partial charge in [-0.2, -0.15) is 8.42 Å². The molecule has 33 heavy (non-hydrogen) atoms. The molecule has 1 fully saturated rings. The van der Waals surface area contributed by atoms with E-state index in [4.69, 9.17) is 12.2 Å². The van der Waals surface area contributed by atoms with E-state index in [0.717, 1.165) is 23.4 Å². The van der Waals surface area contributed by atoms with E-state index < -0.39 is 27.3 Å². The molecular formula is C23H27N3O5S2. The molecule has 3 rings (SSSR count). The van der Waals surface area contributed by atoms with Gasteiger partial charge >= 0.3 is 0 Å². The Hall–Kier alpha value is -2.82. The van der Waals surface area contributed by atoms with Crippen LogP contribution in [-0.2, 0) is 25.1 Å².